The third-order valence-corrected chi connectivity index (χ3v) is 2.63. The number of aromatic nitrogens is 4. The van der Waals surface area contributed by atoms with Crippen molar-refractivity contribution in [3.05, 3.63) is 33.5 Å². The fourth-order valence-corrected chi connectivity index (χ4v) is 1.85. The molecule has 0 fully saturated rings. The Kier molecular flexibility index (Phi) is 4.14. The van der Waals surface area contributed by atoms with Crippen LogP contribution in [-0.2, 0) is 6.54 Å². The van der Waals surface area contributed by atoms with Crippen LogP contribution < -0.4 is 4.74 Å². The Morgan fingerprint density at radius 1 is 1.50 bits per heavy atom. The molecule has 0 saturated carbocycles. The number of hydrogen-bond acceptors (Lipinski definition) is 6. The summed E-state index contributed by atoms with van der Waals surface area (Å²) in [5.74, 6) is 0.166. The summed E-state index contributed by atoms with van der Waals surface area (Å²) >= 11 is 5.70. The van der Waals surface area contributed by atoms with E-state index in [1.165, 1.54) is 13.1 Å². The Bertz CT molecular complexity index is 643. The average molecular weight is 298 g/mol. The van der Waals surface area contributed by atoms with Crippen molar-refractivity contribution in [2.45, 2.75) is 26.8 Å². The molecule has 0 amide bonds. The second-order valence-corrected chi connectivity index (χ2v) is 4.37. The van der Waals surface area contributed by atoms with Crippen molar-refractivity contribution >= 4 is 17.3 Å². The molecule has 2 heterocycles. The lowest BCUT2D eigenvalue weighted by atomic mass is 10.4. The first-order valence-electron chi connectivity index (χ1n) is 5.90. The van der Waals surface area contributed by atoms with E-state index in [2.05, 4.69) is 15.1 Å². The average Bonchev–Trinajstić information content (AvgIpc) is 2.75. The van der Waals surface area contributed by atoms with Crippen LogP contribution in [-0.4, -0.2) is 24.7 Å². The number of aryl methyl sites for hydroxylation is 2. The standard InChI is InChI=1S/C11H12ClN5O3/c1-3-4-16-6-8(5-13-16)20-10-9(17(18)19)7(2)14-11(12)15-10/h5-6H,3-4H2,1-2H3. The molecule has 2 aromatic heterocycles. The molecular weight excluding hydrogens is 286 g/mol. The first-order valence-corrected chi connectivity index (χ1v) is 6.28. The molecule has 0 aliphatic carbocycles. The molecular formula is C11H12ClN5O3. The fraction of sp³-hybridized carbons (Fsp3) is 0.364. The lowest BCUT2D eigenvalue weighted by molar-refractivity contribution is -0.386. The highest BCUT2D eigenvalue weighted by molar-refractivity contribution is 6.28. The van der Waals surface area contributed by atoms with Gasteiger partial charge in [-0.1, -0.05) is 6.92 Å². The van der Waals surface area contributed by atoms with Gasteiger partial charge >= 0.3 is 11.6 Å². The van der Waals surface area contributed by atoms with Gasteiger partial charge in [-0.2, -0.15) is 10.1 Å². The van der Waals surface area contributed by atoms with Gasteiger partial charge in [0.25, 0.3) is 0 Å². The molecule has 8 nitrogen and oxygen atoms in total. The zero-order chi connectivity index (χ0) is 14.7. The highest BCUT2D eigenvalue weighted by Crippen LogP contribution is 2.32. The molecule has 106 valence electrons. The molecule has 0 unspecified atom stereocenters. The van der Waals surface area contributed by atoms with E-state index in [1.807, 2.05) is 6.92 Å². The van der Waals surface area contributed by atoms with Crippen molar-refractivity contribution in [1.29, 1.82) is 0 Å². The van der Waals surface area contributed by atoms with Crippen LogP contribution >= 0.6 is 11.6 Å². The lowest BCUT2D eigenvalue weighted by Gasteiger charge is -2.04. The van der Waals surface area contributed by atoms with Crippen LogP contribution in [0.15, 0.2) is 12.4 Å². The van der Waals surface area contributed by atoms with Gasteiger partial charge < -0.3 is 4.74 Å². The van der Waals surface area contributed by atoms with Crippen molar-refractivity contribution in [2.24, 2.45) is 0 Å². The van der Waals surface area contributed by atoms with Gasteiger partial charge in [0.1, 0.15) is 5.69 Å². The minimum atomic E-state index is -0.600. The van der Waals surface area contributed by atoms with Gasteiger partial charge in [-0.05, 0) is 24.9 Å². The second-order valence-electron chi connectivity index (χ2n) is 4.03. The summed E-state index contributed by atoms with van der Waals surface area (Å²) in [6.45, 7) is 4.22. The van der Waals surface area contributed by atoms with Crippen LogP contribution in [0.1, 0.15) is 19.0 Å². The van der Waals surface area contributed by atoms with Crippen molar-refractivity contribution in [3.63, 3.8) is 0 Å². The summed E-state index contributed by atoms with van der Waals surface area (Å²) in [5.41, 5.74) is -0.163. The van der Waals surface area contributed by atoms with Gasteiger partial charge in [0.05, 0.1) is 17.3 Å². The van der Waals surface area contributed by atoms with E-state index in [1.54, 1.807) is 10.9 Å². The monoisotopic (exact) mass is 297 g/mol. The number of hydrogen-bond donors (Lipinski definition) is 0. The highest BCUT2D eigenvalue weighted by atomic mass is 35.5. The quantitative estimate of drug-likeness (QED) is 0.478. The molecule has 0 radical (unpaired) electrons. The Labute approximate surface area is 119 Å². The van der Waals surface area contributed by atoms with Crippen LogP contribution in [0.5, 0.6) is 11.6 Å². The van der Waals surface area contributed by atoms with Crippen molar-refractivity contribution in [3.8, 4) is 11.6 Å². The fourth-order valence-electron chi connectivity index (χ4n) is 1.65. The predicted octanol–water partition coefficient (Wildman–Crippen LogP) is 2.75. The molecule has 20 heavy (non-hydrogen) atoms. The number of nitrogens with zero attached hydrogens (tertiary/aromatic N) is 5. The lowest BCUT2D eigenvalue weighted by Crippen LogP contribution is -2.01. The van der Waals surface area contributed by atoms with Gasteiger partial charge in [-0.15, -0.1) is 0 Å². The van der Waals surface area contributed by atoms with Crippen LogP contribution in [0.4, 0.5) is 5.69 Å². The van der Waals surface area contributed by atoms with Crippen molar-refractivity contribution in [1.82, 2.24) is 19.7 Å². The number of nitro groups is 1. The molecule has 0 aliphatic heterocycles. The molecule has 0 atom stereocenters. The van der Waals surface area contributed by atoms with Gasteiger partial charge in [-0.3, -0.25) is 14.8 Å². The summed E-state index contributed by atoms with van der Waals surface area (Å²) in [6.07, 6.45) is 4.02. The second kappa shape index (κ2) is 5.83. The minimum absolute atomic E-state index is 0.107. The van der Waals surface area contributed by atoms with E-state index in [4.69, 9.17) is 16.3 Å². The van der Waals surface area contributed by atoms with Crippen LogP contribution in [0.25, 0.3) is 0 Å². The molecule has 0 bridgehead atoms. The van der Waals surface area contributed by atoms with Crippen molar-refractivity contribution < 1.29 is 9.66 Å². The largest absolute Gasteiger partial charge is 0.430 e. The highest BCUT2D eigenvalue weighted by Gasteiger charge is 2.24. The first kappa shape index (κ1) is 14.2. The van der Waals surface area contributed by atoms with Gasteiger partial charge in [0.15, 0.2) is 5.75 Å². The van der Waals surface area contributed by atoms with E-state index in [9.17, 15) is 10.1 Å². The van der Waals surface area contributed by atoms with E-state index >= 15 is 0 Å². The zero-order valence-corrected chi connectivity index (χ0v) is 11.7. The number of ether oxygens (including phenoxy) is 1. The van der Waals surface area contributed by atoms with Gasteiger partial charge in [-0.25, -0.2) is 4.98 Å². The summed E-state index contributed by atoms with van der Waals surface area (Å²) in [5, 5.41) is 15.0. The number of halogens is 1. The molecule has 0 spiro atoms. The van der Waals surface area contributed by atoms with E-state index in [0.29, 0.717) is 5.75 Å². The smallest absolute Gasteiger partial charge is 0.352 e. The molecule has 2 aromatic rings. The molecule has 0 aromatic carbocycles. The SMILES string of the molecule is CCCn1cc(Oc2nc(Cl)nc(C)c2[N+](=O)[O-])cn1. The van der Waals surface area contributed by atoms with Crippen LogP contribution in [0.3, 0.4) is 0 Å². The van der Waals surface area contributed by atoms with Crippen LogP contribution in [0, 0.1) is 17.0 Å². The Hall–Kier alpha value is -2.22. The maximum absolute atomic E-state index is 11.0. The van der Waals surface area contributed by atoms with Gasteiger partial charge in [0.2, 0.25) is 5.28 Å². The Morgan fingerprint density at radius 2 is 2.25 bits per heavy atom. The normalized spacial score (nSPS) is 10.6. The van der Waals surface area contributed by atoms with Gasteiger partial charge in [0, 0.05) is 6.54 Å². The Balaban J connectivity index is 2.34. The summed E-state index contributed by atoms with van der Waals surface area (Å²) < 4.78 is 7.08. The third-order valence-electron chi connectivity index (χ3n) is 2.46. The molecule has 2 rings (SSSR count). The molecule has 0 saturated heterocycles. The topological polar surface area (TPSA) is 96.0 Å². The minimum Gasteiger partial charge on any atom is -0.430 e. The molecule has 0 aliphatic rings. The summed E-state index contributed by atoms with van der Waals surface area (Å²) in [6, 6.07) is 0. The summed E-state index contributed by atoms with van der Waals surface area (Å²) in [4.78, 5) is 17.9. The Morgan fingerprint density at radius 3 is 2.90 bits per heavy atom. The molecule has 9 heteroatoms. The predicted molar refractivity (Wildman–Crippen MR) is 71.0 cm³/mol. The number of rotatable bonds is 5. The molecule has 0 N–H and O–H groups in total. The van der Waals surface area contributed by atoms with E-state index in [-0.39, 0.29) is 22.5 Å². The van der Waals surface area contributed by atoms with Crippen LogP contribution in [0.2, 0.25) is 5.28 Å². The van der Waals surface area contributed by atoms with Crippen molar-refractivity contribution in [2.75, 3.05) is 0 Å². The van der Waals surface area contributed by atoms with E-state index in [0.717, 1.165) is 13.0 Å². The first-order chi connectivity index (χ1) is 9.51. The zero-order valence-electron chi connectivity index (χ0n) is 10.9. The third kappa shape index (κ3) is 3.02. The van der Waals surface area contributed by atoms with E-state index < -0.39 is 4.92 Å². The summed E-state index contributed by atoms with van der Waals surface area (Å²) in [7, 11) is 0. The maximum atomic E-state index is 11.0. The maximum Gasteiger partial charge on any atom is 0.352 e.